The highest BCUT2D eigenvalue weighted by Gasteiger charge is 2.19. The molecule has 1 aromatic heterocycles. The van der Waals surface area contributed by atoms with E-state index in [1.165, 1.54) is 11.3 Å². The van der Waals surface area contributed by atoms with E-state index < -0.39 is 0 Å². The number of aryl methyl sites for hydroxylation is 1. The Labute approximate surface area is 88.5 Å². The largest absolute Gasteiger partial charge is 0.366 e. The van der Waals surface area contributed by atoms with Crippen molar-refractivity contribution < 1.29 is 0 Å². The van der Waals surface area contributed by atoms with Crippen molar-refractivity contribution in [3.63, 3.8) is 0 Å². The fourth-order valence-corrected chi connectivity index (χ4v) is 1.96. The van der Waals surface area contributed by atoms with Crippen LogP contribution in [0.3, 0.4) is 0 Å². The second-order valence-corrected chi connectivity index (χ2v) is 3.95. The van der Waals surface area contributed by atoms with E-state index in [-0.39, 0.29) is 0 Å². The van der Waals surface area contributed by atoms with Gasteiger partial charge in [-0.3, -0.25) is 5.10 Å². The molecule has 0 spiro atoms. The van der Waals surface area contributed by atoms with Crippen molar-refractivity contribution in [2.75, 3.05) is 7.05 Å². The van der Waals surface area contributed by atoms with Crippen LogP contribution in [0.15, 0.2) is 6.20 Å². The first kappa shape index (κ1) is 9.45. The van der Waals surface area contributed by atoms with Crippen LogP contribution >= 0.6 is 12.2 Å². The van der Waals surface area contributed by atoms with Crippen LogP contribution in [0.1, 0.15) is 17.7 Å². The van der Waals surface area contributed by atoms with Gasteiger partial charge in [-0.2, -0.15) is 5.10 Å². The standard InChI is InChI=1S/C9H14N4S/c1-10-9(14)12-7-3-2-6-5-11-13-8(6)4-7/h5,7H,2-4H2,1H3,(H,11,13)(H2,10,12,14). The first-order chi connectivity index (χ1) is 6.79. The van der Waals surface area contributed by atoms with Gasteiger partial charge in [0.2, 0.25) is 0 Å². The molecule has 1 aromatic rings. The molecule has 0 saturated heterocycles. The topological polar surface area (TPSA) is 52.7 Å². The summed E-state index contributed by atoms with van der Waals surface area (Å²) in [7, 11) is 1.83. The number of nitrogens with one attached hydrogen (secondary N) is 3. The van der Waals surface area contributed by atoms with E-state index in [1.54, 1.807) is 0 Å². The third kappa shape index (κ3) is 1.87. The van der Waals surface area contributed by atoms with Gasteiger partial charge in [-0.1, -0.05) is 0 Å². The molecule has 2 rings (SSSR count). The van der Waals surface area contributed by atoms with Crippen LogP contribution in [0, 0.1) is 0 Å². The predicted molar refractivity (Wildman–Crippen MR) is 59.2 cm³/mol. The van der Waals surface area contributed by atoms with Crippen molar-refractivity contribution in [2.24, 2.45) is 0 Å². The predicted octanol–water partition coefficient (Wildman–Crippen LogP) is 0.361. The van der Waals surface area contributed by atoms with E-state index in [0.717, 1.165) is 24.4 Å². The smallest absolute Gasteiger partial charge is 0.166 e. The van der Waals surface area contributed by atoms with Gasteiger partial charge in [0.25, 0.3) is 0 Å². The summed E-state index contributed by atoms with van der Waals surface area (Å²) in [6, 6.07) is 0.433. The number of fused-ring (bicyclic) bond motifs is 1. The highest BCUT2D eigenvalue weighted by molar-refractivity contribution is 7.80. The number of thiocarbonyl (C=S) groups is 1. The van der Waals surface area contributed by atoms with Gasteiger partial charge < -0.3 is 10.6 Å². The van der Waals surface area contributed by atoms with Gasteiger partial charge in [0.05, 0.1) is 6.20 Å². The Morgan fingerprint density at radius 2 is 2.57 bits per heavy atom. The molecule has 1 aliphatic carbocycles. The molecule has 0 radical (unpaired) electrons. The van der Waals surface area contributed by atoms with Crippen LogP contribution in [0.4, 0.5) is 0 Å². The van der Waals surface area contributed by atoms with Gasteiger partial charge in [-0.25, -0.2) is 0 Å². The third-order valence-corrected chi connectivity index (χ3v) is 2.90. The minimum atomic E-state index is 0.433. The lowest BCUT2D eigenvalue weighted by Gasteiger charge is -2.23. The molecule has 0 saturated carbocycles. The number of hydrogen-bond acceptors (Lipinski definition) is 2. The Bertz CT molecular complexity index is 333. The average Bonchev–Trinajstić information content (AvgIpc) is 2.64. The summed E-state index contributed by atoms with van der Waals surface area (Å²) in [5.41, 5.74) is 2.59. The Hall–Kier alpha value is -1.10. The molecular formula is C9H14N4S. The number of hydrogen-bond donors (Lipinski definition) is 3. The summed E-state index contributed by atoms with van der Waals surface area (Å²) in [5.74, 6) is 0. The van der Waals surface area contributed by atoms with Crippen LogP contribution in [-0.2, 0) is 12.8 Å². The second-order valence-electron chi connectivity index (χ2n) is 3.54. The Morgan fingerprint density at radius 1 is 1.71 bits per heavy atom. The van der Waals surface area contributed by atoms with Gasteiger partial charge >= 0.3 is 0 Å². The summed E-state index contributed by atoms with van der Waals surface area (Å²) in [5, 5.41) is 14.0. The lowest BCUT2D eigenvalue weighted by molar-refractivity contribution is 0.521. The maximum absolute atomic E-state index is 5.07. The van der Waals surface area contributed by atoms with E-state index in [4.69, 9.17) is 12.2 Å². The van der Waals surface area contributed by atoms with Gasteiger partial charge in [-0.05, 0) is 30.6 Å². The van der Waals surface area contributed by atoms with Crippen LogP contribution in [0.5, 0.6) is 0 Å². The second kappa shape index (κ2) is 3.96. The van der Waals surface area contributed by atoms with Crippen LogP contribution < -0.4 is 10.6 Å². The molecule has 1 atom stereocenters. The maximum Gasteiger partial charge on any atom is 0.166 e. The maximum atomic E-state index is 5.07. The molecule has 1 heterocycles. The van der Waals surface area contributed by atoms with Crippen molar-refractivity contribution in [1.82, 2.24) is 20.8 Å². The molecule has 0 fully saturated rings. The fourth-order valence-electron chi connectivity index (χ4n) is 1.79. The van der Waals surface area contributed by atoms with Crippen LogP contribution in [-0.4, -0.2) is 28.4 Å². The fraction of sp³-hybridized carbons (Fsp3) is 0.556. The highest BCUT2D eigenvalue weighted by atomic mass is 32.1. The van der Waals surface area contributed by atoms with Crippen LogP contribution in [0.25, 0.3) is 0 Å². The SMILES string of the molecule is CNC(=S)NC1CCc2cn[nH]c2C1. The molecule has 0 bridgehead atoms. The first-order valence-electron chi connectivity index (χ1n) is 4.79. The lowest BCUT2D eigenvalue weighted by Crippen LogP contribution is -2.43. The summed E-state index contributed by atoms with van der Waals surface area (Å²) < 4.78 is 0. The van der Waals surface area contributed by atoms with Crippen molar-refractivity contribution in [3.8, 4) is 0 Å². The molecule has 3 N–H and O–H groups in total. The molecule has 0 aliphatic heterocycles. The van der Waals surface area contributed by atoms with Gasteiger partial charge in [0.15, 0.2) is 5.11 Å². The summed E-state index contributed by atoms with van der Waals surface area (Å²) in [4.78, 5) is 0. The number of rotatable bonds is 1. The zero-order valence-electron chi connectivity index (χ0n) is 8.13. The number of aromatic nitrogens is 2. The van der Waals surface area contributed by atoms with Crippen molar-refractivity contribution in [2.45, 2.75) is 25.3 Å². The molecule has 0 amide bonds. The third-order valence-electron chi connectivity index (χ3n) is 2.58. The van der Waals surface area contributed by atoms with Crippen molar-refractivity contribution >= 4 is 17.3 Å². The molecule has 5 heteroatoms. The monoisotopic (exact) mass is 210 g/mol. The molecule has 76 valence electrons. The van der Waals surface area contributed by atoms with E-state index >= 15 is 0 Å². The quantitative estimate of drug-likeness (QED) is 0.586. The van der Waals surface area contributed by atoms with Gasteiger partial charge in [-0.15, -0.1) is 0 Å². The van der Waals surface area contributed by atoms with Crippen LogP contribution in [0.2, 0.25) is 0 Å². The minimum absolute atomic E-state index is 0.433. The van der Waals surface area contributed by atoms with Crippen molar-refractivity contribution in [1.29, 1.82) is 0 Å². The Kier molecular flexibility index (Phi) is 2.67. The van der Waals surface area contributed by atoms with E-state index in [1.807, 2.05) is 13.2 Å². The lowest BCUT2D eigenvalue weighted by atomic mass is 9.94. The molecule has 4 nitrogen and oxygen atoms in total. The normalized spacial score (nSPS) is 19.9. The molecule has 1 aliphatic rings. The zero-order chi connectivity index (χ0) is 9.97. The van der Waals surface area contributed by atoms with E-state index in [9.17, 15) is 0 Å². The van der Waals surface area contributed by atoms with Gasteiger partial charge in [0, 0.05) is 25.2 Å². The Morgan fingerprint density at radius 3 is 3.36 bits per heavy atom. The van der Waals surface area contributed by atoms with Crippen molar-refractivity contribution in [3.05, 3.63) is 17.5 Å². The van der Waals surface area contributed by atoms with E-state index in [2.05, 4.69) is 20.8 Å². The number of nitrogens with zero attached hydrogens (tertiary/aromatic N) is 1. The van der Waals surface area contributed by atoms with E-state index in [0.29, 0.717) is 6.04 Å². The van der Waals surface area contributed by atoms with Gasteiger partial charge in [0.1, 0.15) is 0 Å². The molecular weight excluding hydrogens is 196 g/mol. The molecule has 0 aromatic carbocycles. The average molecular weight is 210 g/mol. The molecule has 1 unspecified atom stereocenters. The highest BCUT2D eigenvalue weighted by Crippen LogP contribution is 2.18. The number of aromatic amines is 1. The Balaban J connectivity index is 1.97. The summed E-state index contributed by atoms with van der Waals surface area (Å²) in [6.07, 6.45) is 5.10. The molecule has 14 heavy (non-hydrogen) atoms. The minimum Gasteiger partial charge on any atom is -0.366 e. The summed E-state index contributed by atoms with van der Waals surface area (Å²) in [6.45, 7) is 0. The zero-order valence-corrected chi connectivity index (χ0v) is 8.95. The number of H-pyrrole nitrogens is 1. The first-order valence-corrected chi connectivity index (χ1v) is 5.20. The summed E-state index contributed by atoms with van der Waals surface area (Å²) >= 11 is 5.07.